The second kappa shape index (κ2) is 9.95. The highest BCUT2D eigenvalue weighted by Crippen LogP contribution is 2.48. The van der Waals surface area contributed by atoms with Crippen molar-refractivity contribution >= 4 is 24.1 Å². The fourth-order valence-electron chi connectivity index (χ4n) is 5.33. The number of aromatic nitrogens is 3. The number of nitrogens with zero attached hydrogens (tertiary/aromatic N) is 3. The number of rotatable bonds is 6. The van der Waals surface area contributed by atoms with Gasteiger partial charge >= 0.3 is 11.9 Å². The lowest BCUT2D eigenvalue weighted by Crippen LogP contribution is -2.14. The summed E-state index contributed by atoms with van der Waals surface area (Å²) in [5.41, 5.74) is 8.37. The molecule has 2 aromatic carbocycles. The van der Waals surface area contributed by atoms with Gasteiger partial charge in [0, 0.05) is 17.8 Å². The minimum absolute atomic E-state index is 0.00275. The first kappa shape index (κ1) is 25.8. The monoisotopic (exact) mass is 539 g/mol. The Labute approximate surface area is 236 Å². The molecule has 0 radical (unpaired) electrons. The molecule has 0 aliphatic heterocycles. The fraction of sp³-hybridized carbons (Fsp3) is 0.0882. The van der Waals surface area contributed by atoms with E-state index >= 15 is 0 Å². The lowest BCUT2D eigenvalue weighted by Gasteiger charge is -2.21. The summed E-state index contributed by atoms with van der Waals surface area (Å²) in [5, 5.41) is 19.1. The van der Waals surface area contributed by atoms with Crippen molar-refractivity contribution in [2.75, 3.05) is 0 Å². The molecule has 0 saturated heterocycles. The van der Waals surface area contributed by atoms with Gasteiger partial charge in [0.25, 0.3) is 0 Å². The lowest BCUT2D eigenvalue weighted by molar-refractivity contribution is 0.0686. The number of benzene rings is 2. The van der Waals surface area contributed by atoms with Gasteiger partial charge in [-0.15, -0.1) is 0 Å². The summed E-state index contributed by atoms with van der Waals surface area (Å²) in [4.78, 5) is 36.5. The fourth-order valence-corrected chi connectivity index (χ4v) is 5.33. The molecule has 1 aliphatic carbocycles. The molecule has 0 saturated carbocycles. The van der Waals surface area contributed by atoms with E-state index in [2.05, 4.69) is 71.3 Å². The zero-order chi connectivity index (χ0) is 28.7. The molecule has 7 heteroatoms. The zero-order valence-corrected chi connectivity index (χ0v) is 22.4. The van der Waals surface area contributed by atoms with E-state index in [9.17, 15) is 19.8 Å². The number of pyridine rings is 3. The summed E-state index contributed by atoms with van der Waals surface area (Å²) < 4.78 is 0. The molecule has 0 spiro atoms. The van der Waals surface area contributed by atoms with Crippen LogP contribution in [0.1, 0.15) is 56.8 Å². The van der Waals surface area contributed by atoms with Crippen molar-refractivity contribution in [3.63, 3.8) is 0 Å². The van der Waals surface area contributed by atoms with Crippen LogP contribution >= 0.6 is 0 Å². The van der Waals surface area contributed by atoms with Gasteiger partial charge in [0.05, 0.1) is 33.9 Å². The maximum absolute atomic E-state index is 11.9. The molecule has 41 heavy (non-hydrogen) atoms. The second-order valence-corrected chi connectivity index (χ2v) is 10.4. The van der Waals surface area contributed by atoms with Crippen molar-refractivity contribution < 1.29 is 19.8 Å². The molecular formula is C34H25N3O4. The quantitative estimate of drug-likeness (QED) is 0.237. The van der Waals surface area contributed by atoms with Crippen LogP contribution in [0.2, 0.25) is 0 Å². The van der Waals surface area contributed by atoms with Gasteiger partial charge in [0.2, 0.25) is 0 Å². The summed E-state index contributed by atoms with van der Waals surface area (Å²) in [6, 6.07) is 24.3. The largest absolute Gasteiger partial charge is 0.478 e. The van der Waals surface area contributed by atoms with Crippen LogP contribution in [0.5, 0.6) is 0 Å². The van der Waals surface area contributed by atoms with E-state index in [1.807, 2.05) is 24.3 Å². The molecule has 7 nitrogen and oxygen atoms in total. The number of carboxylic acid groups (broad SMARTS) is 2. The first-order valence-electron chi connectivity index (χ1n) is 13.0. The second-order valence-electron chi connectivity index (χ2n) is 10.4. The molecule has 0 bridgehead atoms. The molecule has 0 atom stereocenters. The number of hydrogen-bond donors (Lipinski definition) is 2. The van der Waals surface area contributed by atoms with Gasteiger partial charge in [-0.3, -0.25) is 9.97 Å². The van der Waals surface area contributed by atoms with Crippen LogP contribution in [0, 0.1) is 0 Å². The predicted octanol–water partition coefficient (Wildman–Crippen LogP) is 7.08. The van der Waals surface area contributed by atoms with E-state index < -0.39 is 11.9 Å². The van der Waals surface area contributed by atoms with Gasteiger partial charge in [-0.2, -0.15) is 0 Å². The molecule has 1 aliphatic rings. The highest BCUT2D eigenvalue weighted by Gasteiger charge is 2.34. The molecule has 0 fully saturated rings. The molecular weight excluding hydrogens is 514 g/mol. The Balaban J connectivity index is 1.34. The molecule has 0 unspecified atom stereocenters. The van der Waals surface area contributed by atoms with Crippen LogP contribution in [0.15, 0.2) is 91.3 Å². The van der Waals surface area contributed by atoms with Gasteiger partial charge in [-0.25, -0.2) is 14.6 Å². The van der Waals surface area contributed by atoms with Crippen molar-refractivity contribution in [3.05, 3.63) is 125 Å². The summed E-state index contributed by atoms with van der Waals surface area (Å²) in [7, 11) is 0. The first-order chi connectivity index (χ1) is 19.7. The normalized spacial score (nSPS) is 13.1. The molecule has 200 valence electrons. The number of carboxylic acids is 2. The Morgan fingerprint density at radius 2 is 1.22 bits per heavy atom. The molecule has 2 N–H and O–H groups in total. The smallest absolute Gasteiger partial charge is 0.335 e. The van der Waals surface area contributed by atoms with Gasteiger partial charge in [0.1, 0.15) is 0 Å². The summed E-state index contributed by atoms with van der Waals surface area (Å²) in [6.07, 6.45) is 7.04. The Kier molecular flexibility index (Phi) is 6.27. The van der Waals surface area contributed by atoms with Crippen molar-refractivity contribution in [1.29, 1.82) is 0 Å². The average Bonchev–Trinajstić information content (AvgIpc) is 3.22. The molecule has 5 aromatic rings. The third kappa shape index (κ3) is 4.78. The Morgan fingerprint density at radius 1 is 0.634 bits per heavy atom. The Bertz CT molecular complexity index is 1890. The van der Waals surface area contributed by atoms with E-state index in [-0.39, 0.29) is 27.9 Å². The highest BCUT2D eigenvalue weighted by atomic mass is 16.4. The van der Waals surface area contributed by atoms with Gasteiger partial charge in [-0.1, -0.05) is 68.5 Å². The maximum atomic E-state index is 11.9. The molecule has 3 aromatic heterocycles. The zero-order valence-electron chi connectivity index (χ0n) is 22.4. The van der Waals surface area contributed by atoms with E-state index in [1.54, 1.807) is 6.20 Å². The molecule has 3 heterocycles. The third-order valence-electron chi connectivity index (χ3n) is 7.46. The van der Waals surface area contributed by atoms with Crippen molar-refractivity contribution in [2.45, 2.75) is 19.3 Å². The van der Waals surface area contributed by atoms with Crippen molar-refractivity contribution in [2.24, 2.45) is 0 Å². The van der Waals surface area contributed by atoms with Crippen molar-refractivity contribution in [3.8, 4) is 33.9 Å². The van der Waals surface area contributed by atoms with E-state index in [4.69, 9.17) is 0 Å². The number of carbonyl (C=O) groups is 2. The van der Waals surface area contributed by atoms with E-state index in [0.29, 0.717) is 11.4 Å². The highest BCUT2D eigenvalue weighted by molar-refractivity contribution is 5.91. The van der Waals surface area contributed by atoms with Crippen LogP contribution < -0.4 is 0 Å². The standard InChI is InChI=1S/C34H25N3O4/c1-34(2)26-6-4-3-5-24(26)25-10-9-20(15-27(25)34)7-8-21-11-13-35-28(16-21)30-18-23(33(40)41)19-31(37-30)29-17-22(32(38)39)12-14-36-29/h3-19H,1-2H3,(H,38,39)(H,40,41)/b8-7+. The number of aromatic carboxylic acids is 2. The Hall–Kier alpha value is -5.43. The summed E-state index contributed by atoms with van der Waals surface area (Å²) >= 11 is 0. The predicted molar refractivity (Wildman–Crippen MR) is 158 cm³/mol. The number of fused-ring (bicyclic) bond motifs is 3. The SMILES string of the molecule is CC1(C)c2ccccc2-c2ccc(/C=C/c3ccnc(-c4cc(C(=O)O)cc(-c5cc(C(=O)O)ccn5)n4)c3)cc21. The Morgan fingerprint density at radius 3 is 1.93 bits per heavy atom. The van der Waals surface area contributed by atoms with Crippen LogP contribution in [-0.2, 0) is 5.41 Å². The summed E-state index contributed by atoms with van der Waals surface area (Å²) in [6.45, 7) is 4.50. The van der Waals surface area contributed by atoms with Gasteiger partial charge in [-0.05, 0) is 69.8 Å². The maximum Gasteiger partial charge on any atom is 0.335 e. The van der Waals surface area contributed by atoms with Gasteiger partial charge < -0.3 is 10.2 Å². The number of hydrogen-bond acceptors (Lipinski definition) is 5. The molecule has 6 rings (SSSR count). The van der Waals surface area contributed by atoms with Crippen molar-refractivity contribution in [1.82, 2.24) is 15.0 Å². The van der Waals surface area contributed by atoms with Crippen LogP contribution in [-0.4, -0.2) is 37.1 Å². The van der Waals surface area contributed by atoms with Crippen LogP contribution in [0.3, 0.4) is 0 Å². The first-order valence-corrected chi connectivity index (χ1v) is 13.0. The van der Waals surface area contributed by atoms with E-state index in [1.165, 1.54) is 52.7 Å². The topological polar surface area (TPSA) is 113 Å². The van der Waals surface area contributed by atoms with Crippen LogP contribution in [0.4, 0.5) is 0 Å². The lowest BCUT2D eigenvalue weighted by atomic mass is 9.82. The minimum atomic E-state index is -1.14. The van der Waals surface area contributed by atoms with Crippen LogP contribution in [0.25, 0.3) is 46.1 Å². The third-order valence-corrected chi connectivity index (χ3v) is 7.46. The minimum Gasteiger partial charge on any atom is -0.478 e. The van der Waals surface area contributed by atoms with E-state index in [0.717, 1.165) is 11.1 Å². The average molecular weight is 540 g/mol. The summed E-state index contributed by atoms with van der Waals surface area (Å²) in [5.74, 6) is -2.25. The van der Waals surface area contributed by atoms with Gasteiger partial charge in [0.15, 0.2) is 0 Å². The molecule has 0 amide bonds.